The van der Waals surface area contributed by atoms with Crippen LogP contribution in [0.15, 0.2) is 42.9 Å². The summed E-state index contributed by atoms with van der Waals surface area (Å²) in [5.41, 5.74) is -0.0403. The van der Waals surface area contributed by atoms with E-state index in [4.69, 9.17) is 14.2 Å². The zero-order valence-corrected chi connectivity index (χ0v) is 21.9. The molecule has 3 rings (SSSR count). The molecule has 12 heteroatoms. The van der Waals surface area contributed by atoms with E-state index in [-0.39, 0.29) is 29.6 Å². The molecule has 0 saturated carbocycles. The molecule has 0 bridgehead atoms. The first-order valence-corrected chi connectivity index (χ1v) is 12.1. The average molecular weight is 526 g/mol. The Bertz CT molecular complexity index is 1240. The van der Waals surface area contributed by atoms with Gasteiger partial charge in [0, 0.05) is 49.9 Å². The molecule has 0 saturated heterocycles. The van der Waals surface area contributed by atoms with Crippen molar-refractivity contribution in [1.82, 2.24) is 19.7 Å². The molecule has 202 valence electrons. The van der Waals surface area contributed by atoms with Crippen molar-refractivity contribution in [2.24, 2.45) is 0 Å². The number of nitriles is 1. The zero-order chi connectivity index (χ0) is 27.5. The second-order valence-electron chi connectivity index (χ2n) is 9.37. The minimum atomic E-state index is -0.701. The molecule has 0 radical (unpaired) electrons. The lowest BCUT2D eigenvalue weighted by Crippen LogP contribution is -2.29. The summed E-state index contributed by atoms with van der Waals surface area (Å²) in [6.07, 6.45) is 5.39. The number of anilines is 3. The van der Waals surface area contributed by atoms with E-state index in [0.29, 0.717) is 37.7 Å². The number of ether oxygens (including phenoxy) is 3. The molecule has 0 unspecified atom stereocenters. The maximum atomic E-state index is 15.0. The van der Waals surface area contributed by atoms with Gasteiger partial charge in [-0.2, -0.15) is 10.4 Å². The van der Waals surface area contributed by atoms with Crippen LogP contribution >= 0.6 is 0 Å². The Hall–Kier alpha value is -4.24. The van der Waals surface area contributed by atoms with Crippen LogP contribution in [0.4, 0.5) is 21.7 Å². The molecule has 3 aromatic rings. The Morgan fingerprint density at radius 3 is 2.74 bits per heavy atom. The van der Waals surface area contributed by atoms with E-state index < -0.39 is 17.5 Å². The molecule has 0 spiro atoms. The Morgan fingerprint density at radius 2 is 2.05 bits per heavy atom. The number of nitrogens with zero attached hydrogens (tertiary/aromatic N) is 5. The van der Waals surface area contributed by atoms with E-state index in [1.54, 1.807) is 63.2 Å². The van der Waals surface area contributed by atoms with E-state index in [2.05, 4.69) is 25.7 Å². The van der Waals surface area contributed by atoms with E-state index in [1.165, 1.54) is 6.20 Å². The number of methoxy groups -OCH3 is 1. The van der Waals surface area contributed by atoms with Gasteiger partial charge < -0.3 is 24.8 Å². The van der Waals surface area contributed by atoms with Gasteiger partial charge in [-0.3, -0.25) is 9.48 Å². The highest BCUT2D eigenvalue weighted by molar-refractivity contribution is 5.70. The SMILES string of the molecule is COCCOc1cc(Nc2nc(N[C@@H](CCC(=O)OC(C)(C)C)Cn3cccn3)c(F)cc2C#N)ccn1. The van der Waals surface area contributed by atoms with Crippen molar-refractivity contribution in [3.63, 3.8) is 0 Å². The Kier molecular flexibility index (Phi) is 9.95. The summed E-state index contributed by atoms with van der Waals surface area (Å²) in [5, 5.41) is 19.9. The van der Waals surface area contributed by atoms with Gasteiger partial charge in [0.2, 0.25) is 5.88 Å². The lowest BCUT2D eigenvalue weighted by Gasteiger charge is -2.22. The number of rotatable bonds is 13. The number of halogens is 1. The first kappa shape index (κ1) is 28.3. The summed E-state index contributed by atoms with van der Waals surface area (Å²) in [7, 11) is 1.57. The summed E-state index contributed by atoms with van der Waals surface area (Å²) in [4.78, 5) is 20.8. The molecule has 0 aliphatic heterocycles. The van der Waals surface area contributed by atoms with Crippen LogP contribution < -0.4 is 15.4 Å². The fraction of sp³-hybridized carbons (Fsp3) is 0.423. The number of pyridine rings is 2. The third-order valence-corrected chi connectivity index (χ3v) is 5.06. The number of hydrogen-bond acceptors (Lipinski definition) is 10. The molecule has 3 aromatic heterocycles. The summed E-state index contributed by atoms with van der Waals surface area (Å²) in [5.74, 6) is -0.629. The molecule has 11 nitrogen and oxygen atoms in total. The van der Waals surface area contributed by atoms with Crippen LogP contribution in [-0.2, 0) is 20.8 Å². The quantitative estimate of drug-likeness (QED) is 0.248. The highest BCUT2D eigenvalue weighted by Crippen LogP contribution is 2.26. The monoisotopic (exact) mass is 525 g/mol. The second kappa shape index (κ2) is 13.3. The predicted molar refractivity (Wildman–Crippen MR) is 139 cm³/mol. The smallest absolute Gasteiger partial charge is 0.306 e. The van der Waals surface area contributed by atoms with E-state index >= 15 is 0 Å². The number of nitrogens with one attached hydrogen (secondary N) is 2. The average Bonchev–Trinajstić information content (AvgIpc) is 3.37. The topological polar surface area (TPSA) is 136 Å². The van der Waals surface area contributed by atoms with Crippen LogP contribution in [0.5, 0.6) is 5.88 Å². The maximum Gasteiger partial charge on any atom is 0.306 e. The van der Waals surface area contributed by atoms with Gasteiger partial charge in [0.15, 0.2) is 17.5 Å². The molecule has 0 fully saturated rings. The number of hydrogen-bond donors (Lipinski definition) is 2. The molecule has 0 amide bonds. The van der Waals surface area contributed by atoms with Crippen molar-refractivity contribution in [2.45, 2.75) is 51.8 Å². The van der Waals surface area contributed by atoms with Crippen molar-refractivity contribution in [1.29, 1.82) is 5.26 Å². The van der Waals surface area contributed by atoms with Gasteiger partial charge in [0.25, 0.3) is 0 Å². The van der Waals surface area contributed by atoms with Crippen LogP contribution in [0, 0.1) is 17.1 Å². The molecule has 1 atom stereocenters. The fourth-order valence-corrected chi connectivity index (χ4v) is 3.42. The summed E-state index contributed by atoms with van der Waals surface area (Å²) < 4.78 is 32.6. The largest absolute Gasteiger partial charge is 0.475 e. The van der Waals surface area contributed by atoms with Crippen molar-refractivity contribution in [3.05, 3.63) is 54.2 Å². The number of aromatic nitrogens is 4. The van der Waals surface area contributed by atoms with Gasteiger partial charge in [0.05, 0.1) is 18.7 Å². The highest BCUT2D eigenvalue weighted by Gasteiger charge is 2.21. The Morgan fingerprint density at radius 1 is 1.24 bits per heavy atom. The first-order chi connectivity index (χ1) is 18.2. The third-order valence-electron chi connectivity index (χ3n) is 5.06. The first-order valence-electron chi connectivity index (χ1n) is 12.1. The normalized spacial score (nSPS) is 11.9. The number of carbonyl (C=O) groups excluding carboxylic acids is 1. The van der Waals surface area contributed by atoms with Gasteiger partial charge in [-0.1, -0.05) is 0 Å². The van der Waals surface area contributed by atoms with E-state index in [1.807, 2.05) is 6.07 Å². The molecule has 0 aliphatic rings. The minimum Gasteiger partial charge on any atom is -0.475 e. The number of carbonyl (C=O) groups is 1. The Balaban J connectivity index is 1.80. The number of esters is 1. The van der Waals surface area contributed by atoms with Gasteiger partial charge in [-0.25, -0.2) is 14.4 Å². The van der Waals surface area contributed by atoms with Crippen LogP contribution in [-0.4, -0.2) is 57.7 Å². The molecule has 3 heterocycles. The van der Waals surface area contributed by atoms with Crippen LogP contribution in [0.3, 0.4) is 0 Å². The minimum absolute atomic E-state index is 0.0177. The lowest BCUT2D eigenvalue weighted by atomic mass is 10.1. The van der Waals surface area contributed by atoms with Crippen molar-refractivity contribution < 1.29 is 23.4 Å². The molecular weight excluding hydrogens is 493 g/mol. The molecular formula is C26H32FN7O4. The lowest BCUT2D eigenvalue weighted by molar-refractivity contribution is -0.155. The molecule has 38 heavy (non-hydrogen) atoms. The predicted octanol–water partition coefficient (Wildman–Crippen LogP) is 4.06. The van der Waals surface area contributed by atoms with Crippen molar-refractivity contribution >= 4 is 23.3 Å². The van der Waals surface area contributed by atoms with Gasteiger partial charge in [-0.15, -0.1) is 0 Å². The van der Waals surface area contributed by atoms with Crippen molar-refractivity contribution in [3.8, 4) is 11.9 Å². The summed E-state index contributed by atoms with van der Waals surface area (Å²) in [6.45, 7) is 6.47. The summed E-state index contributed by atoms with van der Waals surface area (Å²) >= 11 is 0. The third kappa shape index (κ3) is 9.01. The van der Waals surface area contributed by atoms with Gasteiger partial charge in [0.1, 0.15) is 18.3 Å². The fourth-order valence-electron chi connectivity index (χ4n) is 3.42. The second-order valence-corrected chi connectivity index (χ2v) is 9.37. The van der Waals surface area contributed by atoms with Crippen LogP contribution in [0.1, 0.15) is 39.2 Å². The molecule has 0 aromatic carbocycles. The van der Waals surface area contributed by atoms with Crippen molar-refractivity contribution in [2.75, 3.05) is 31.0 Å². The van der Waals surface area contributed by atoms with E-state index in [9.17, 15) is 14.4 Å². The highest BCUT2D eigenvalue weighted by atomic mass is 19.1. The molecule has 0 aliphatic carbocycles. The Labute approximate surface area is 220 Å². The van der Waals surface area contributed by atoms with Gasteiger partial charge in [-0.05, 0) is 45.4 Å². The van der Waals surface area contributed by atoms with Crippen LogP contribution in [0.25, 0.3) is 0 Å². The zero-order valence-electron chi connectivity index (χ0n) is 21.9. The van der Waals surface area contributed by atoms with Gasteiger partial charge >= 0.3 is 5.97 Å². The standard InChI is InChI=1S/C26H32FN7O4/c1-26(2,3)38-23(35)7-6-20(17-34-11-5-9-30-34)32-25-21(27)14-18(16-28)24(33-25)31-19-8-10-29-22(15-19)37-13-12-36-4/h5,8-11,14-15,20H,6-7,12-13,17H2,1-4H3,(H2,29,31,32,33)/t20-/m0/s1. The van der Waals surface area contributed by atoms with E-state index in [0.717, 1.165) is 6.07 Å². The summed E-state index contributed by atoms with van der Waals surface area (Å²) in [6, 6.07) is 7.73. The maximum absolute atomic E-state index is 15.0. The molecule has 2 N–H and O–H groups in total. The van der Waals surface area contributed by atoms with Crippen LogP contribution in [0.2, 0.25) is 0 Å².